The zero-order chi connectivity index (χ0) is 13.6. The van der Waals surface area contributed by atoms with Gasteiger partial charge >= 0.3 is 0 Å². The van der Waals surface area contributed by atoms with Crippen molar-refractivity contribution in [1.29, 1.82) is 0 Å². The summed E-state index contributed by atoms with van der Waals surface area (Å²) in [5, 5.41) is 10.3. The highest BCUT2D eigenvalue weighted by Gasteiger charge is 1.97. The van der Waals surface area contributed by atoms with Crippen LogP contribution in [0.15, 0.2) is 11.1 Å². The Hall–Kier alpha value is -0.580. The van der Waals surface area contributed by atoms with Crippen molar-refractivity contribution in [2.45, 2.75) is 47.5 Å². The van der Waals surface area contributed by atoms with E-state index < -0.39 is 5.97 Å². The topological polar surface area (TPSA) is 95.4 Å². The van der Waals surface area contributed by atoms with E-state index in [4.69, 9.17) is 0 Å². The van der Waals surface area contributed by atoms with E-state index in [-0.39, 0.29) is 12.4 Å². The maximum Gasteiger partial charge on any atom is 0.0711 e. The number of hydrogen-bond donors (Lipinski definition) is 2. The van der Waals surface area contributed by atoms with Gasteiger partial charge in [-0.15, -0.1) is 0 Å². The van der Waals surface area contributed by atoms with E-state index in [0.29, 0.717) is 5.57 Å². The molecule has 0 aliphatic heterocycles. The summed E-state index contributed by atoms with van der Waals surface area (Å²) in [6, 6.07) is 0. The lowest BCUT2D eigenvalue weighted by atomic mass is 10.1. The van der Waals surface area contributed by atoms with E-state index in [0.717, 1.165) is 31.5 Å². The molecule has 0 aliphatic carbocycles. The van der Waals surface area contributed by atoms with E-state index in [9.17, 15) is 9.90 Å². The minimum Gasteiger partial charge on any atom is -1.00 e. The molecule has 0 rings (SSSR count). The van der Waals surface area contributed by atoms with Crippen LogP contribution < -0.4 is 29.0 Å². The summed E-state index contributed by atoms with van der Waals surface area (Å²) in [4.78, 5) is 10.3. The van der Waals surface area contributed by atoms with Gasteiger partial charge in [0.25, 0.3) is 0 Å². The second-order valence-corrected chi connectivity index (χ2v) is 3.22. The lowest BCUT2D eigenvalue weighted by Gasteiger charge is -2.08. The summed E-state index contributed by atoms with van der Waals surface area (Å²) in [5.74, 6) is -1.04. The molecule has 17 heavy (non-hydrogen) atoms. The largest absolute Gasteiger partial charge is 1.00 e. The van der Waals surface area contributed by atoms with Crippen molar-refractivity contribution in [3.8, 4) is 0 Å². The van der Waals surface area contributed by atoms with Crippen molar-refractivity contribution in [2.24, 2.45) is 0 Å². The molecule has 0 amide bonds. The molecule has 0 heterocycles. The predicted octanol–water partition coefficient (Wildman–Crippen LogP) is -3.63. The maximum absolute atomic E-state index is 10.3. The molecule has 0 atom stereocenters. The number of allylic oxidation sites excluding steroid dienone is 1. The van der Waals surface area contributed by atoms with Gasteiger partial charge in [0.1, 0.15) is 0 Å². The lowest BCUT2D eigenvalue weighted by Crippen LogP contribution is -3.00. The number of quaternary nitrogens is 2. The molecule has 0 aromatic heterocycles. The first-order valence-electron chi connectivity index (χ1n) is 5.94. The van der Waals surface area contributed by atoms with Gasteiger partial charge in [-0.25, -0.2) is 0 Å². The normalized spacial score (nSPS) is 7.47. The second kappa shape index (κ2) is 20.8. The quantitative estimate of drug-likeness (QED) is 0.517. The van der Waals surface area contributed by atoms with E-state index in [1.807, 2.05) is 27.7 Å². The predicted molar refractivity (Wildman–Crippen MR) is 65.1 cm³/mol. The average Bonchev–Trinajstić information content (AvgIpc) is 2.21. The molecule has 0 saturated heterocycles. The lowest BCUT2D eigenvalue weighted by molar-refractivity contribution is -0.362. The van der Waals surface area contributed by atoms with Crippen LogP contribution in [-0.4, -0.2) is 19.1 Å². The molecule has 0 aliphatic rings. The molecule has 0 unspecified atom stereocenters. The van der Waals surface area contributed by atoms with Crippen molar-refractivity contribution < 1.29 is 33.8 Å². The van der Waals surface area contributed by atoms with Gasteiger partial charge in [-0.3, -0.25) is 0 Å². The van der Waals surface area contributed by atoms with Gasteiger partial charge in [-0.1, -0.05) is 19.4 Å². The Kier molecular flexibility index (Phi) is 30.9. The van der Waals surface area contributed by atoms with Gasteiger partial charge in [0.15, 0.2) is 0 Å². The fourth-order valence-corrected chi connectivity index (χ4v) is 0.925. The highest BCUT2D eigenvalue weighted by atomic mass is 35.5. The van der Waals surface area contributed by atoms with Crippen molar-refractivity contribution in [3.05, 3.63) is 11.1 Å². The molecule has 0 bridgehead atoms. The average molecular weight is 269 g/mol. The zero-order valence-electron chi connectivity index (χ0n) is 11.9. The number of aliphatic carboxylic acids is 1. The van der Waals surface area contributed by atoms with Gasteiger partial charge in [-0.2, -0.15) is 0 Å². The minimum atomic E-state index is -1.04. The van der Waals surface area contributed by atoms with Gasteiger partial charge in [0, 0.05) is 0 Å². The third-order valence-electron chi connectivity index (χ3n) is 1.69. The third-order valence-corrected chi connectivity index (χ3v) is 1.69. The van der Waals surface area contributed by atoms with Gasteiger partial charge in [-0.05, 0) is 39.2 Å². The molecular weight excluding hydrogens is 240 g/mol. The van der Waals surface area contributed by atoms with Crippen LogP contribution in [0.5, 0.6) is 0 Å². The molecule has 4 nitrogen and oxygen atoms in total. The van der Waals surface area contributed by atoms with Gasteiger partial charge < -0.3 is 33.8 Å². The Morgan fingerprint density at radius 1 is 1.00 bits per heavy atom. The van der Waals surface area contributed by atoms with Crippen molar-refractivity contribution in [2.75, 3.05) is 13.1 Å². The summed E-state index contributed by atoms with van der Waals surface area (Å²) in [6.07, 6.45) is 1.60. The Morgan fingerprint density at radius 2 is 1.24 bits per heavy atom. The number of carbonyl (C=O) groups is 1. The first-order chi connectivity index (χ1) is 7.46. The van der Waals surface area contributed by atoms with Crippen LogP contribution in [0.2, 0.25) is 0 Å². The molecule has 0 saturated carbocycles. The molecule has 0 fully saturated rings. The van der Waals surface area contributed by atoms with Gasteiger partial charge in [0.05, 0.1) is 19.1 Å². The van der Waals surface area contributed by atoms with Crippen LogP contribution in [0.25, 0.3) is 0 Å². The molecular formula is C12H29ClN2O2. The van der Waals surface area contributed by atoms with Crippen molar-refractivity contribution in [3.63, 3.8) is 0 Å². The van der Waals surface area contributed by atoms with Gasteiger partial charge in [0.2, 0.25) is 0 Å². The highest BCUT2D eigenvalue weighted by Crippen LogP contribution is 2.10. The van der Waals surface area contributed by atoms with E-state index in [1.165, 1.54) is 0 Å². The summed E-state index contributed by atoms with van der Waals surface area (Å²) in [7, 11) is 0. The van der Waals surface area contributed by atoms with Crippen LogP contribution in [0.3, 0.4) is 0 Å². The van der Waals surface area contributed by atoms with E-state index in [2.05, 4.69) is 11.5 Å². The standard InChI is InChI=1S/C8H14O2.2C2H7N.ClH/c1-4-7(5-2)6(3)8(9)10;2*1-2-3;/h4-5H2,1-3H3,(H,9,10);2*2-3H2,1H3;1H. The number of carboxylic acids is 1. The van der Waals surface area contributed by atoms with Crippen LogP contribution in [0, 0.1) is 0 Å². The van der Waals surface area contributed by atoms with Crippen LogP contribution in [0.4, 0.5) is 0 Å². The molecule has 5 heteroatoms. The first kappa shape index (κ1) is 25.3. The maximum atomic E-state index is 10.3. The molecule has 0 aromatic carbocycles. The summed E-state index contributed by atoms with van der Waals surface area (Å²) >= 11 is 0. The third kappa shape index (κ3) is 21.3. The highest BCUT2D eigenvalue weighted by molar-refractivity contribution is 5.84. The number of carboxylic acid groups (broad SMARTS) is 1. The second-order valence-electron chi connectivity index (χ2n) is 3.22. The smallest absolute Gasteiger partial charge is 0.0711 e. The minimum absolute atomic E-state index is 0. The zero-order valence-corrected chi connectivity index (χ0v) is 12.7. The number of halogens is 1. The first-order valence-corrected chi connectivity index (χ1v) is 5.94. The van der Waals surface area contributed by atoms with Crippen LogP contribution >= 0.6 is 0 Å². The SMILES string of the molecule is CCC(CC)=C(C)C(=O)[O-].CC[NH3+].CC[NH3+].[Cl-]. The molecule has 0 radical (unpaired) electrons. The molecule has 106 valence electrons. The Bertz CT molecular complexity index is 187. The molecule has 6 N–H and O–H groups in total. The number of carbonyl (C=O) groups excluding carboxylic acids is 1. The van der Waals surface area contributed by atoms with Crippen LogP contribution in [-0.2, 0) is 4.79 Å². The summed E-state index contributed by atoms with van der Waals surface area (Å²) in [6.45, 7) is 11.5. The summed E-state index contributed by atoms with van der Waals surface area (Å²) in [5.41, 5.74) is 8.34. The van der Waals surface area contributed by atoms with E-state index in [1.54, 1.807) is 6.92 Å². The van der Waals surface area contributed by atoms with Crippen LogP contribution in [0.1, 0.15) is 47.5 Å². The summed E-state index contributed by atoms with van der Waals surface area (Å²) < 4.78 is 0. The Morgan fingerprint density at radius 3 is 1.29 bits per heavy atom. The fourth-order valence-electron chi connectivity index (χ4n) is 0.925. The van der Waals surface area contributed by atoms with Crippen molar-refractivity contribution >= 4 is 5.97 Å². The Balaban J connectivity index is -0.000000102. The Labute approximate surface area is 112 Å². The monoisotopic (exact) mass is 268 g/mol. The van der Waals surface area contributed by atoms with E-state index >= 15 is 0 Å². The number of hydrogen-bond acceptors (Lipinski definition) is 2. The number of rotatable bonds is 3. The fraction of sp³-hybridized carbons (Fsp3) is 0.750. The molecule has 0 aromatic rings. The molecule has 0 spiro atoms. The van der Waals surface area contributed by atoms with Crippen molar-refractivity contribution in [1.82, 2.24) is 0 Å².